The molecule has 4 rings (SSSR count). The normalized spacial score (nSPS) is 11.0. The predicted molar refractivity (Wildman–Crippen MR) is 105 cm³/mol. The second-order valence-electron chi connectivity index (χ2n) is 6.20. The Morgan fingerprint density at radius 2 is 1.57 bits per heavy atom. The molecular formula is C21H16F2N4S. The van der Waals surface area contributed by atoms with Gasteiger partial charge in [-0.2, -0.15) is 0 Å². The van der Waals surface area contributed by atoms with Gasteiger partial charge in [0.15, 0.2) is 11.0 Å². The van der Waals surface area contributed by atoms with E-state index >= 15 is 0 Å². The number of thioether (sulfide) groups is 1. The molecule has 140 valence electrons. The van der Waals surface area contributed by atoms with Crippen LogP contribution in [-0.4, -0.2) is 19.7 Å². The van der Waals surface area contributed by atoms with E-state index in [1.54, 1.807) is 12.4 Å². The fourth-order valence-corrected chi connectivity index (χ4v) is 3.75. The molecule has 4 aromatic rings. The van der Waals surface area contributed by atoms with Gasteiger partial charge in [-0.25, -0.2) is 8.78 Å². The largest absolute Gasteiger partial charge is 0.270 e. The molecule has 28 heavy (non-hydrogen) atoms. The first-order valence-electron chi connectivity index (χ1n) is 8.62. The summed E-state index contributed by atoms with van der Waals surface area (Å²) in [6.07, 6.45) is 3.37. The third-order valence-electron chi connectivity index (χ3n) is 4.27. The van der Waals surface area contributed by atoms with Gasteiger partial charge in [0, 0.05) is 35.0 Å². The Balaban J connectivity index is 1.75. The lowest BCUT2D eigenvalue weighted by molar-refractivity contribution is 0.566. The van der Waals surface area contributed by atoms with Crippen molar-refractivity contribution in [3.05, 3.63) is 89.8 Å². The highest BCUT2D eigenvalue weighted by molar-refractivity contribution is 7.98. The van der Waals surface area contributed by atoms with Crippen LogP contribution in [0, 0.1) is 18.6 Å². The van der Waals surface area contributed by atoms with Crippen LogP contribution in [0.4, 0.5) is 8.78 Å². The maximum absolute atomic E-state index is 14.0. The Hall–Kier alpha value is -3.06. The molecule has 0 N–H and O–H groups in total. The third-order valence-corrected chi connectivity index (χ3v) is 5.23. The van der Waals surface area contributed by atoms with E-state index in [9.17, 15) is 8.78 Å². The highest BCUT2D eigenvalue weighted by atomic mass is 32.2. The Labute approximate surface area is 165 Å². The molecule has 4 nitrogen and oxygen atoms in total. The summed E-state index contributed by atoms with van der Waals surface area (Å²) in [6.45, 7) is 2.01. The van der Waals surface area contributed by atoms with Crippen LogP contribution in [0.25, 0.3) is 17.1 Å². The minimum atomic E-state index is -0.566. The smallest absolute Gasteiger partial charge is 0.196 e. The first-order chi connectivity index (χ1) is 13.6. The lowest BCUT2D eigenvalue weighted by Gasteiger charge is -2.11. The summed E-state index contributed by atoms with van der Waals surface area (Å²) in [5.41, 5.74) is 2.88. The average molecular weight is 394 g/mol. The van der Waals surface area contributed by atoms with E-state index in [2.05, 4.69) is 15.2 Å². The molecule has 0 aliphatic carbocycles. The zero-order valence-electron chi connectivity index (χ0n) is 15.0. The minimum absolute atomic E-state index is 0.0245. The van der Waals surface area contributed by atoms with Crippen LogP contribution in [0.5, 0.6) is 0 Å². The van der Waals surface area contributed by atoms with Crippen molar-refractivity contribution in [2.24, 2.45) is 0 Å². The highest BCUT2D eigenvalue weighted by Crippen LogP contribution is 2.30. The molecule has 7 heteroatoms. The van der Waals surface area contributed by atoms with Gasteiger partial charge >= 0.3 is 0 Å². The molecule has 2 aromatic carbocycles. The number of hydrogen-bond donors (Lipinski definition) is 0. The van der Waals surface area contributed by atoms with E-state index in [1.807, 2.05) is 47.9 Å². The zero-order chi connectivity index (χ0) is 19.5. The van der Waals surface area contributed by atoms with Crippen molar-refractivity contribution in [1.82, 2.24) is 19.7 Å². The van der Waals surface area contributed by atoms with Crippen molar-refractivity contribution in [3.8, 4) is 17.1 Å². The second-order valence-corrected chi connectivity index (χ2v) is 7.14. The Morgan fingerprint density at radius 3 is 2.25 bits per heavy atom. The van der Waals surface area contributed by atoms with E-state index in [0.717, 1.165) is 16.8 Å². The second kappa shape index (κ2) is 7.90. The minimum Gasteiger partial charge on any atom is -0.270 e. The number of pyridine rings is 1. The molecule has 0 atom stereocenters. The van der Waals surface area contributed by atoms with Gasteiger partial charge in [0.2, 0.25) is 0 Å². The van der Waals surface area contributed by atoms with Crippen molar-refractivity contribution in [2.45, 2.75) is 17.8 Å². The standard InChI is InChI=1S/C21H16F2N4S/c1-14-5-7-16(8-6-14)27-20(15-9-11-24-12-10-15)25-26-21(27)28-13-17-18(22)3-2-4-19(17)23/h2-12H,13H2,1H3. The first-order valence-corrected chi connectivity index (χ1v) is 9.60. The topological polar surface area (TPSA) is 43.6 Å². The average Bonchev–Trinajstić information content (AvgIpc) is 3.13. The lowest BCUT2D eigenvalue weighted by atomic mass is 10.2. The van der Waals surface area contributed by atoms with E-state index in [4.69, 9.17) is 0 Å². The van der Waals surface area contributed by atoms with Gasteiger partial charge in [0.25, 0.3) is 0 Å². The molecule has 0 spiro atoms. The molecule has 0 radical (unpaired) electrons. The van der Waals surface area contributed by atoms with Crippen LogP contribution < -0.4 is 0 Å². The Morgan fingerprint density at radius 1 is 0.893 bits per heavy atom. The van der Waals surface area contributed by atoms with Crippen LogP contribution in [0.3, 0.4) is 0 Å². The number of aryl methyl sites for hydroxylation is 1. The zero-order valence-corrected chi connectivity index (χ0v) is 15.8. The Kier molecular flexibility index (Phi) is 5.16. The first kappa shape index (κ1) is 18.3. The van der Waals surface area contributed by atoms with Gasteiger partial charge in [-0.15, -0.1) is 10.2 Å². The summed E-state index contributed by atoms with van der Waals surface area (Å²) in [6, 6.07) is 15.5. The summed E-state index contributed by atoms with van der Waals surface area (Å²) in [4.78, 5) is 4.04. The van der Waals surface area contributed by atoms with Crippen LogP contribution >= 0.6 is 11.8 Å². The van der Waals surface area contributed by atoms with Gasteiger partial charge in [-0.05, 0) is 43.3 Å². The molecule has 0 aliphatic heterocycles. The van der Waals surface area contributed by atoms with Crippen LogP contribution in [0.1, 0.15) is 11.1 Å². The highest BCUT2D eigenvalue weighted by Gasteiger charge is 2.18. The van der Waals surface area contributed by atoms with Crippen molar-refractivity contribution in [3.63, 3.8) is 0 Å². The molecule has 0 saturated carbocycles. The predicted octanol–water partition coefficient (Wildman–Crippen LogP) is 5.21. The summed E-state index contributed by atoms with van der Waals surface area (Å²) >= 11 is 1.24. The SMILES string of the molecule is Cc1ccc(-n2c(SCc3c(F)cccc3F)nnc2-c2ccncc2)cc1. The van der Waals surface area contributed by atoms with Crippen molar-refractivity contribution in [2.75, 3.05) is 0 Å². The van der Waals surface area contributed by atoms with Gasteiger partial charge < -0.3 is 0 Å². The van der Waals surface area contributed by atoms with E-state index in [1.165, 1.54) is 30.0 Å². The molecule has 2 aromatic heterocycles. The number of nitrogens with zero attached hydrogens (tertiary/aromatic N) is 4. The molecule has 0 fully saturated rings. The molecule has 0 bridgehead atoms. The fraction of sp³-hybridized carbons (Fsp3) is 0.0952. The molecule has 0 saturated heterocycles. The molecular weight excluding hydrogens is 378 g/mol. The Bertz CT molecular complexity index is 1080. The summed E-state index contributed by atoms with van der Waals surface area (Å²) in [5, 5.41) is 9.15. The van der Waals surface area contributed by atoms with E-state index in [0.29, 0.717) is 11.0 Å². The monoisotopic (exact) mass is 394 g/mol. The molecule has 0 amide bonds. The van der Waals surface area contributed by atoms with Gasteiger partial charge in [-0.1, -0.05) is 35.5 Å². The van der Waals surface area contributed by atoms with Crippen molar-refractivity contribution >= 4 is 11.8 Å². The summed E-state index contributed by atoms with van der Waals surface area (Å²) in [5.74, 6) is -0.381. The third kappa shape index (κ3) is 3.66. The van der Waals surface area contributed by atoms with Crippen LogP contribution in [0.15, 0.2) is 72.1 Å². The summed E-state index contributed by atoms with van der Waals surface area (Å²) in [7, 11) is 0. The van der Waals surface area contributed by atoms with Crippen LogP contribution in [-0.2, 0) is 5.75 Å². The molecule has 0 unspecified atom stereocenters. The van der Waals surface area contributed by atoms with Gasteiger partial charge in [0.05, 0.1) is 0 Å². The van der Waals surface area contributed by atoms with E-state index < -0.39 is 11.6 Å². The van der Waals surface area contributed by atoms with Crippen LogP contribution in [0.2, 0.25) is 0 Å². The summed E-state index contributed by atoms with van der Waals surface area (Å²) < 4.78 is 29.9. The van der Waals surface area contributed by atoms with Crippen molar-refractivity contribution < 1.29 is 8.78 Å². The fourth-order valence-electron chi connectivity index (χ4n) is 2.78. The van der Waals surface area contributed by atoms with Gasteiger partial charge in [-0.3, -0.25) is 9.55 Å². The number of aromatic nitrogens is 4. The quantitative estimate of drug-likeness (QED) is 0.436. The number of halogens is 2. The maximum Gasteiger partial charge on any atom is 0.196 e. The van der Waals surface area contributed by atoms with Crippen molar-refractivity contribution in [1.29, 1.82) is 0 Å². The molecule has 2 heterocycles. The lowest BCUT2D eigenvalue weighted by Crippen LogP contribution is -2.01. The number of hydrogen-bond acceptors (Lipinski definition) is 4. The maximum atomic E-state index is 14.0. The van der Waals surface area contributed by atoms with E-state index in [-0.39, 0.29) is 11.3 Å². The number of rotatable bonds is 5. The number of benzene rings is 2. The molecule has 0 aliphatic rings. The van der Waals surface area contributed by atoms with Gasteiger partial charge in [0.1, 0.15) is 11.6 Å².